The molecule has 1 aliphatic rings. The molecule has 0 spiro atoms. The van der Waals surface area contributed by atoms with Crippen molar-refractivity contribution in [3.8, 4) is 0 Å². The van der Waals surface area contributed by atoms with Crippen molar-refractivity contribution in [2.75, 3.05) is 16.8 Å². The summed E-state index contributed by atoms with van der Waals surface area (Å²) in [7, 11) is 0. The molecule has 0 bridgehead atoms. The van der Waals surface area contributed by atoms with Crippen LogP contribution in [0.2, 0.25) is 10.0 Å². The van der Waals surface area contributed by atoms with Gasteiger partial charge in [-0.15, -0.1) is 0 Å². The van der Waals surface area contributed by atoms with Crippen molar-refractivity contribution in [3.63, 3.8) is 0 Å². The smallest absolute Gasteiger partial charge is 0.289 e. The third-order valence-electron chi connectivity index (χ3n) is 4.05. The van der Waals surface area contributed by atoms with Gasteiger partial charge in [-0.25, -0.2) is 0 Å². The number of amides is 2. The molecule has 2 aromatic rings. The largest absolute Gasteiger partial charge is 0.326 e. The van der Waals surface area contributed by atoms with E-state index in [1.807, 2.05) is 0 Å². The van der Waals surface area contributed by atoms with Crippen LogP contribution in [-0.4, -0.2) is 23.3 Å². The first-order valence-electron chi connectivity index (χ1n) is 7.66. The van der Waals surface area contributed by atoms with Crippen molar-refractivity contribution in [1.82, 2.24) is 0 Å². The second-order valence-corrected chi connectivity index (χ2v) is 6.58. The summed E-state index contributed by atoms with van der Waals surface area (Å²) in [5.41, 5.74) is 0.496. The molecule has 9 heteroatoms. The molecule has 0 unspecified atom stereocenters. The van der Waals surface area contributed by atoms with Crippen LogP contribution >= 0.6 is 23.2 Å². The van der Waals surface area contributed by atoms with Gasteiger partial charge in [0.05, 0.1) is 21.6 Å². The summed E-state index contributed by atoms with van der Waals surface area (Å²) in [5.74, 6) is -1.20. The summed E-state index contributed by atoms with van der Waals surface area (Å²) in [6.45, 7) is 0.185. The van der Waals surface area contributed by atoms with Gasteiger partial charge in [-0.2, -0.15) is 0 Å². The highest BCUT2D eigenvalue weighted by Crippen LogP contribution is 2.32. The van der Waals surface area contributed by atoms with Gasteiger partial charge in [0.25, 0.3) is 5.69 Å². The number of hydrogen-bond donors (Lipinski definition) is 1. The number of nitrogens with one attached hydrogen (secondary N) is 1. The van der Waals surface area contributed by atoms with Gasteiger partial charge in [-0.1, -0.05) is 35.3 Å². The Labute approximate surface area is 158 Å². The number of benzene rings is 2. The predicted octanol–water partition coefficient (Wildman–Crippen LogP) is 3.89. The van der Waals surface area contributed by atoms with Crippen LogP contribution in [0.15, 0.2) is 42.5 Å². The maximum Gasteiger partial charge on any atom is 0.289 e. The minimum Gasteiger partial charge on any atom is -0.326 e. The average molecular weight is 394 g/mol. The van der Waals surface area contributed by atoms with E-state index in [0.29, 0.717) is 10.7 Å². The molecular formula is C17H13Cl2N3O4. The summed E-state index contributed by atoms with van der Waals surface area (Å²) in [4.78, 5) is 36.5. The molecule has 1 heterocycles. The van der Waals surface area contributed by atoms with E-state index in [9.17, 15) is 19.7 Å². The first kappa shape index (κ1) is 18.2. The number of carbonyl (C=O) groups excluding carboxylic acids is 2. The van der Waals surface area contributed by atoms with Crippen LogP contribution in [0.4, 0.5) is 17.1 Å². The number of nitro benzene ring substituents is 1. The van der Waals surface area contributed by atoms with E-state index in [1.165, 1.54) is 23.1 Å². The zero-order valence-electron chi connectivity index (χ0n) is 13.3. The highest BCUT2D eigenvalue weighted by Gasteiger charge is 2.36. The van der Waals surface area contributed by atoms with Gasteiger partial charge >= 0.3 is 0 Å². The molecule has 26 heavy (non-hydrogen) atoms. The van der Waals surface area contributed by atoms with Gasteiger partial charge in [0, 0.05) is 24.7 Å². The zero-order chi connectivity index (χ0) is 18.8. The molecule has 1 atom stereocenters. The van der Waals surface area contributed by atoms with Gasteiger partial charge in [0.1, 0.15) is 5.02 Å². The van der Waals surface area contributed by atoms with Gasteiger partial charge in [0.2, 0.25) is 11.8 Å². The van der Waals surface area contributed by atoms with Gasteiger partial charge in [-0.05, 0) is 24.3 Å². The summed E-state index contributed by atoms with van der Waals surface area (Å²) >= 11 is 11.9. The molecule has 0 aliphatic carbocycles. The lowest BCUT2D eigenvalue weighted by molar-refractivity contribution is -0.384. The molecule has 1 aliphatic heterocycles. The molecule has 1 N–H and O–H groups in total. The number of nitrogens with zero attached hydrogens (tertiary/aromatic N) is 2. The van der Waals surface area contributed by atoms with E-state index in [4.69, 9.17) is 23.2 Å². The predicted molar refractivity (Wildman–Crippen MR) is 98.6 cm³/mol. The average Bonchev–Trinajstić information content (AvgIpc) is 2.98. The van der Waals surface area contributed by atoms with E-state index < -0.39 is 16.7 Å². The highest BCUT2D eigenvalue weighted by atomic mass is 35.5. The van der Waals surface area contributed by atoms with Gasteiger partial charge < -0.3 is 10.2 Å². The number of carbonyl (C=O) groups is 2. The van der Waals surface area contributed by atoms with Crippen molar-refractivity contribution in [1.29, 1.82) is 0 Å². The molecular weight excluding hydrogens is 381 g/mol. The molecule has 2 amide bonds. The highest BCUT2D eigenvalue weighted by molar-refractivity contribution is 6.34. The number of para-hydroxylation sites is 1. The van der Waals surface area contributed by atoms with Crippen LogP contribution in [0.3, 0.4) is 0 Å². The van der Waals surface area contributed by atoms with Crippen LogP contribution in [0.1, 0.15) is 6.42 Å². The molecule has 0 saturated carbocycles. The van der Waals surface area contributed by atoms with Gasteiger partial charge in [0.15, 0.2) is 0 Å². The maximum atomic E-state index is 12.5. The number of hydrogen-bond acceptors (Lipinski definition) is 4. The molecule has 1 fully saturated rings. The molecule has 134 valence electrons. The van der Waals surface area contributed by atoms with Crippen LogP contribution in [-0.2, 0) is 9.59 Å². The summed E-state index contributed by atoms with van der Waals surface area (Å²) in [6, 6.07) is 10.9. The molecule has 0 aromatic heterocycles. The Balaban J connectivity index is 1.74. The Morgan fingerprint density at radius 2 is 1.92 bits per heavy atom. The van der Waals surface area contributed by atoms with E-state index in [-0.39, 0.29) is 35.3 Å². The Hall–Kier alpha value is -2.64. The van der Waals surface area contributed by atoms with Crippen molar-refractivity contribution in [2.24, 2.45) is 5.92 Å². The lowest BCUT2D eigenvalue weighted by atomic mass is 10.1. The third kappa shape index (κ3) is 3.63. The monoisotopic (exact) mass is 393 g/mol. The van der Waals surface area contributed by atoms with E-state index >= 15 is 0 Å². The standard InChI is InChI=1S/C17H13Cl2N3O4/c18-12-3-1-2-4-14(12)21-9-10(7-16(21)23)17(24)20-11-5-6-13(19)15(8-11)22(25)26/h1-6,8,10H,7,9H2,(H,20,24)/t10-/m1/s1. The van der Waals surface area contributed by atoms with Gasteiger partial charge in [-0.3, -0.25) is 19.7 Å². The zero-order valence-corrected chi connectivity index (χ0v) is 14.8. The summed E-state index contributed by atoms with van der Waals surface area (Å²) < 4.78 is 0. The lowest BCUT2D eigenvalue weighted by Crippen LogP contribution is -2.28. The Morgan fingerprint density at radius 3 is 2.62 bits per heavy atom. The van der Waals surface area contributed by atoms with Crippen LogP contribution < -0.4 is 10.2 Å². The Morgan fingerprint density at radius 1 is 1.19 bits per heavy atom. The molecule has 1 saturated heterocycles. The number of anilines is 2. The molecule has 2 aromatic carbocycles. The second-order valence-electron chi connectivity index (χ2n) is 5.77. The first-order chi connectivity index (χ1) is 12.4. The minimum absolute atomic E-state index is 0.0195. The van der Waals surface area contributed by atoms with Crippen LogP contribution in [0.5, 0.6) is 0 Å². The Bertz CT molecular complexity index is 903. The van der Waals surface area contributed by atoms with Crippen molar-refractivity contribution < 1.29 is 14.5 Å². The van der Waals surface area contributed by atoms with E-state index in [1.54, 1.807) is 24.3 Å². The fourth-order valence-corrected chi connectivity index (χ4v) is 3.19. The van der Waals surface area contributed by atoms with E-state index in [0.717, 1.165) is 0 Å². The molecule has 7 nitrogen and oxygen atoms in total. The first-order valence-corrected chi connectivity index (χ1v) is 8.42. The van der Waals surface area contributed by atoms with Crippen molar-refractivity contribution in [3.05, 3.63) is 62.6 Å². The molecule has 3 rings (SSSR count). The second kappa shape index (κ2) is 7.31. The van der Waals surface area contributed by atoms with Crippen molar-refractivity contribution in [2.45, 2.75) is 6.42 Å². The third-order valence-corrected chi connectivity index (χ3v) is 4.69. The van der Waals surface area contributed by atoms with E-state index in [2.05, 4.69) is 5.32 Å². The maximum absolute atomic E-state index is 12.5. The quantitative estimate of drug-likeness (QED) is 0.629. The number of rotatable bonds is 4. The van der Waals surface area contributed by atoms with Crippen LogP contribution in [0, 0.1) is 16.0 Å². The normalized spacial score (nSPS) is 16.6. The number of nitro groups is 1. The topological polar surface area (TPSA) is 92.5 Å². The number of halogens is 2. The minimum atomic E-state index is -0.629. The summed E-state index contributed by atoms with van der Waals surface area (Å²) in [5, 5.41) is 13.9. The lowest BCUT2D eigenvalue weighted by Gasteiger charge is -2.18. The van der Waals surface area contributed by atoms with Crippen LogP contribution in [0.25, 0.3) is 0 Å². The fraction of sp³-hybridized carbons (Fsp3) is 0.176. The fourth-order valence-electron chi connectivity index (χ4n) is 2.76. The summed E-state index contributed by atoms with van der Waals surface area (Å²) in [6.07, 6.45) is 0.0345. The SMILES string of the molecule is O=C(Nc1ccc(Cl)c([N+](=O)[O-])c1)[C@@H]1CC(=O)N(c2ccccc2Cl)C1. The molecule has 0 radical (unpaired) electrons. The van der Waals surface area contributed by atoms with Crippen molar-refractivity contribution >= 4 is 52.1 Å². The Kier molecular flexibility index (Phi) is 5.11.